The molecule has 9 nitrogen and oxygen atoms in total. The molecule has 20 heavy (non-hydrogen) atoms. The summed E-state index contributed by atoms with van der Waals surface area (Å²) in [5.74, 6) is 5.46. The molecule has 0 aliphatic rings. The minimum atomic E-state index is -0.537. The number of methoxy groups -OCH3 is 1. The first-order chi connectivity index (χ1) is 9.39. The lowest BCUT2D eigenvalue weighted by Crippen LogP contribution is -2.25. The maximum Gasteiger partial charge on any atom is 0.329 e. The number of hydrogen-bond acceptors (Lipinski definition) is 8. The summed E-state index contributed by atoms with van der Waals surface area (Å²) in [6, 6.07) is 0. The van der Waals surface area contributed by atoms with Crippen molar-refractivity contribution in [3.8, 4) is 0 Å². The van der Waals surface area contributed by atoms with Gasteiger partial charge in [0, 0.05) is 20.3 Å². The van der Waals surface area contributed by atoms with Gasteiger partial charge in [-0.2, -0.15) is 4.98 Å². The number of rotatable bonds is 8. The van der Waals surface area contributed by atoms with E-state index in [2.05, 4.69) is 20.7 Å². The lowest BCUT2D eigenvalue weighted by atomic mass is 9.90. The number of ether oxygens (including phenoxy) is 1. The van der Waals surface area contributed by atoms with Crippen molar-refractivity contribution in [2.75, 3.05) is 31.0 Å². The van der Waals surface area contributed by atoms with Crippen molar-refractivity contribution < 1.29 is 9.66 Å². The molecule has 1 aromatic rings. The second-order valence-corrected chi connectivity index (χ2v) is 5.09. The highest BCUT2D eigenvalue weighted by atomic mass is 16.6. The van der Waals surface area contributed by atoms with E-state index in [1.165, 1.54) is 0 Å². The molecule has 112 valence electrons. The number of nitrogen functional groups attached to an aromatic ring is 1. The van der Waals surface area contributed by atoms with Crippen molar-refractivity contribution in [2.45, 2.75) is 20.3 Å². The average molecular weight is 284 g/mol. The molecule has 0 spiro atoms. The number of hydrazine groups is 1. The standard InChI is InChI=1S/C11H20N6O3/c1-11(2,4-5-20-3)7-14-9-8(17(18)19)6-13-10(15-9)16-12/h6H,4-5,7,12H2,1-3H3,(H2,13,14,15,16). The zero-order chi connectivity index (χ0) is 15.2. The number of nitrogens with one attached hydrogen (secondary N) is 2. The first-order valence-corrected chi connectivity index (χ1v) is 6.10. The van der Waals surface area contributed by atoms with Crippen molar-refractivity contribution in [1.29, 1.82) is 0 Å². The van der Waals surface area contributed by atoms with Crippen LogP contribution in [-0.4, -0.2) is 35.2 Å². The maximum atomic E-state index is 10.9. The van der Waals surface area contributed by atoms with Crippen LogP contribution in [0.3, 0.4) is 0 Å². The topological polar surface area (TPSA) is 128 Å². The van der Waals surface area contributed by atoms with E-state index in [9.17, 15) is 10.1 Å². The monoisotopic (exact) mass is 284 g/mol. The molecule has 0 saturated carbocycles. The number of nitrogens with zero attached hydrogens (tertiary/aromatic N) is 3. The van der Waals surface area contributed by atoms with E-state index < -0.39 is 4.92 Å². The lowest BCUT2D eigenvalue weighted by Gasteiger charge is -2.24. The molecule has 0 amide bonds. The fourth-order valence-electron chi connectivity index (χ4n) is 1.50. The molecule has 0 aliphatic heterocycles. The molecule has 1 aromatic heterocycles. The smallest absolute Gasteiger partial charge is 0.329 e. The van der Waals surface area contributed by atoms with Crippen molar-refractivity contribution in [2.24, 2.45) is 11.3 Å². The van der Waals surface area contributed by atoms with Gasteiger partial charge in [0.2, 0.25) is 11.8 Å². The van der Waals surface area contributed by atoms with Crippen LogP contribution in [0.1, 0.15) is 20.3 Å². The first-order valence-electron chi connectivity index (χ1n) is 6.10. The van der Waals surface area contributed by atoms with E-state index in [1.54, 1.807) is 7.11 Å². The zero-order valence-electron chi connectivity index (χ0n) is 11.8. The van der Waals surface area contributed by atoms with Crippen molar-refractivity contribution in [3.05, 3.63) is 16.3 Å². The van der Waals surface area contributed by atoms with Gasteiger partial charge in [-0.1, -0.05) is 13.8 Å². The molecule has 0 radical (unpaired) electrons. The summed E-state index contributed by atoms with van der Waals surface area (Å²) in [4.78, 5) is 18.1. The summed E-state index contributed by atoms with van der Waals surface area (Å²) in [6.07, 6.45) is 1.93. The molecule has 0 unspecified atom stereocenters. The summed E-state index contributed by atoms with van der Waals surface area (Å²) in [6.45, 7) is 5.21. The van der Waals surface area contributed by atoms with Crippen LogP contribution < -0.4 is 16.6 Å². The molecule has 9 heteroatoms. The zero-order valence-corrected chi connectivity index (χ0v) is 11.8. The molecular weight excluding hydrogens is 264 g/mol. The number of aromatic nitrogens is 2. The van der Waals surface area contributed by atoms with E-state index in [0.29, 0.717) is 13.2 Å². The predicted molar refractivity (Wildman–Crippen MR) is 75.3 cm³/mol. The third-order valence-electron chi connectivity index (χ3n) is 2.81. The number of nitrogens with two attached hydrogens (primary N) is 1. The van der Waals surface area contributed by atoms with Gasteiger partial charge in [-0.15, -0.1) is 0 Å². The van der Waals surface area contributed by atoms with E-state index >= 15 is 0 Å². The molecule has 0 aliphatic carbocycles. The van der Waals surface area contributed by atoms with Crippen LogP contribution in [0.2, 0.25) is 0 Å². The number of anilines is 2. The highest BCUT2D eigenvalue weighted by Gasteiger charge is 2.22. The summed E-state index contributed by atoms with van der Waals surface area (Å²) in [5, 5.41) is 13.9. The third kappa shape index (κ3) is 4.59. The minimum absolute atomic E-state index is 0.0921. The van der Waals surface area contributed by atoms with E-state index in [4.69, 9.17) is 10.6 Å². The molecule has 4 N–H and O–H groups in total. The Morgan fingerprint density at radius 1 is 1.55 bits per heavy atom. The van der Waals surface area contributed by atoms with E-state index in [0.717, 1.165) is 12.6 Å². The Labute approximate surface area is 117 Å². The second-order valence-electron chi connectivity index (χ2n) is 5.09. The largest absolute Gasteiger partial charge is 0.385 e. The molecule has 0 atom stereocenters. The van der Waals surface area contributed by atoms with Gasteiger partial charge in [0.25, 0.3) is 0 Å². The van der Waals surface area contributed by atoms with Crippen molar-refractivity contribution >= 4 is 17.5 Å². The molecule has 0 aromatic carbocycles. The van der Waals surface area contributed by atoms with Crippen molar-refractivity contribution in [1.82, 2.24) is 9.97 Å². The maximum absolute atomic E-state index is 10.9. The Hall–Kier alpha value is -2.00. The summed E-state index contributed by atoms with van der Waals surface area (Å²) in [7, 11) is 1.64. The van der Waals surface area contributed by atoms with Gasteiger partial charge in [-0.05, 0) is 11.8 Å². The Morgan fingerprint density at radius 2 is 2.25 bits per heavy atom. The Kier molecular flexibility index (Phi) is 5.59. The van der Waals surface area contributed by atoms with Crippen LogP contribution in [0.15, 0.2) is 6.20 Å². The van der Waals surface area contributed by atoms with Gasteiger partial charge in [-0.25, -0.2) is 10.8 Å². The Balaban J connectivity index is 2.82. The number of nitro groups is 1. The summed E-state index contributed by atoms with van der Waals surface area (Å²) >= 11 is 0. The Morgan fingerprint density at radius 3 is 2.80 bits per heavy atom. The van der Waals surface area contributed by atoms with E-state index in [1.807, 2.05) is 13.8 Å². The van der Waals surface area contributed by atoms with Crippen LogP contribution >= 0.6 is 0 Å². The predicted octanol–water partition coefficient (Wildman–Crippen LogP) is 1.14. The normalized spacial score (nSPS) is 11.2. The third-order valence-corrected chi connectivity index (χ3v) is 2.81. The van der Waals surface area contributed by atoms with Gasteiger partial charge in [0.15, 0.2) is 0 Å². The van der Waals surface area contributed by atoms with Crippen LogP contribution in [0, 0.1) is 15.5 Å². The van der Waals surface area contributed by atoms with Gasteiger partial charge < -0.3 is 10.1 Å². The average Bonchev–Trinajstić information content (AvgIpc) is 2.42. The van der Waals surface area contributed by atoms with Crippen LogP contribution in [-0.2, 0) is 4.74 Å². The highest BCUT2D eigenvalue weighted by molar-refractivity contribution is 5.56. The quantitative estimate of drug-likeness (QED) is 0.368. The summed E-state index contributed by atoms with van der Waals surface area (Å²) in [5.41, 5.74) is 1.98. The molecule has 0 fully saturated rings. The first kappa shape index (κ1) is 16.1. The molecule has 1 rings (SSSR count). The van der Waals surface area contributed by atoms with Crippen LogP contribution in [0.25, 0.3) is 0 Å². The fourth-order valence-corrected chi connectivity index (χ4v) is 1.50. The lowest BCUT2D eigenvalue weighted by molar-refractivity contribution is -0.384. The Bertz CT molecular complexity index is 465. The van der Waals surface area contributed by atoms with E-state index in [-0.39, 0.29) is 22.9 Å². The summed E-state index contributed by atoms with van der Waals surface area (Å²) < 4.78 is 5.04. The van der Waals surface area contributed by atoms with Gasteiger partial charge in [0.1, 0.15) is 6.20 Å². The molecule has 0 saturated heterocycles. The van der Waals surface area contributed by atoms with Crippen LogP contribution in [0.4, 0.5) is 17.5 Å². The van der Waals surface area contributed by atoms with Crippen molar-refractivity contribution in [3.63, 3.8) is 0 Å². The molecule has 0 bridgehead atoms. The fraction of sp³-hybridized carbons (Fsp3) is 0.636. The second kappa shape index (κ2) is 6.96. The highest BCUT2D eigenvalue weighted by Crippen LogP contribution is 2.25. The van der Waals surface area contributed by atoms with Gasteiger partial charge in [0.05, 0.1) is 4.92 Å². The minimum Gasteiger partial charge on any atom is -0.385 e. The van der Waals surface area contributed by atoms with Gasteiger partial charge in [-0.3, -0.25) is 15.5 Å². The SMILES string of the molecule is COCCC(C)(C)CNc1nc(NN)ncc1[N+](=O)[O-]. The number of hydrogen-bond donors (Lipinski definition) is 3. The molecule has 1 heterocycles. The molecular formula is C11H20N6O3. The van der Waals surface area contributed by atoms with Crippen LogP contribution in [0.5, 0.6) is 0 Å². The van der Waals surface area contributed by atoms with Gasteiger partial charge >= 0.3 is 5.69 Å².